The first-order valence-electron chi connectivity index (χ1n) is 12.0. The Morgan fingerprint density at radius 2 is 1.68 bits per heavy atom. The topological polar surface area (TPSA) is 88.2 Å². The van der Waals surface area contributed by atoms with Crippen LogP contribution >= 0.6 is 0 Å². The number of carbonyl (C=O) groups excluding carboxylic acids is 3. The van der Waals surface area contributed by atoms with E-state index in [1.54, 1.807) is 29.1 Å². The molecule has 8 heteroatoms. The second-order valence-electron chi connectivity index (χ2n) is 10.0. The van der Waals surface area contributed by atoms with Crippen LogP contribution in [0.2, 0.25) is 0 Å². The zero-order chi connectivity index (χ0) is 24.7. The van der Waals surface area contributed by atoms with E-state index >= 15 is 0 Å². The Hall–Kier alpha value is -3.03. The molecule has 0 aromatic heterocycles. The number of amides is 3. The molecule has 2 aliphatic heterocycles. The maximum atomic E-state index is 12.9. The van der Waals surface area contributed by atoms with Gasteiger partial charge in [0.05, 0.1) is 13.0 Å². The van der Waals surface area contributed by atoms with Crippen molar-refractivity contribution in [3.8, 4) is 5.75 Å². The Labute approximate surface area is 202 Å². The molecule has 2 atom stereocenters. The molecule has 8 nitrogen and oxygen atoms in total. The van der Waals surface area contributed by atoms with Crippen molar-refractivity contribution in [3.05, 3.63) is 35.9 Å². The van der Waals surface area contributed by atoms with Gasteiger partial charge in [0.2, 0.25) is 11.8 Å². The zero-order valence-corrected chi connectivity index (χ0v) is 20.7. The van der Waals surface area contributed by atoms with Crippen molar-refractivity contribution in [3.63, 3.8) is 0 Å². The van der Waals surface area contributed by atoms with Crippen molar-refractivity contribution in [2.75, 3.05) is 33.3 Å². The van der Waals surface area contributed by atoms with Crippen molar-refractivity contribution in [1.82, 2.24) is 15.1 Å². The van der Waals surface area contributed by atoms with Crippen LogP contribution in [0.25, 0.3) is 6.08 Å². The van der Waals surface area contributed by atoms with Crippen LogP contribution in [-0.2, 0) is 14.3 Å². The summed E-state index contributed by atoms with van der Waals surface area (Å²) in [6, 6.07) is 7.41. The smallest absolute Gasteiger partial charge is 0.410 e. The fraction of sp³-hybridized carbons (Fsp3) is 0.577. The van der Waals surface area contributed by atoms with E-state index in [9.17, 15) is 14.4 Å². The van der Waals surface area contributed by atoms with Gasteiger partial charge in [0.25, 0.3) is 0 Å². The van der Waals surface area contributed by atoms with Crippen molar-refractivity contribution >= 4 is 24.0 Å². The van der Waals surface area contributed by atoms with Gasteiger partial charge in [-0.1, -0.05) is 12.1 Å². The molecule has 2 saturated heterocycles. The molecule has 3 rings (SSSR count). The fourth-order valence-corrected chi connectivity index (χ4v) is 4.29. The quantitative estimate of drug-likeness (QED) is 0.665. The highest BCUT2D eigenvalue weighted by Gasteiger charge is 2.32. The number of carbonyl (C=O) groups is 3. The first-order chi connectivity index (χ1) is 16.1. The zero-order valence-electron chi connectivity index (χ0n) is 20.7. The third-order valence-electron chi connectivity index (χ3n) is 6.06. The summed E-state index contributed by atoms with van der Waals surface area (Å²) in [4.78, 5) is 41.5. The van der Waals surface area contributed by atoms with Crippen LogP contribution in [0, 0.1) is 5.92 Å². The molecule has 186 valence electrons. The lowest BCUT2D eigenvalue weighted by atomic mass is 9.96. The summed E-state index contributed by atoms with van der Waals surface area (Å²) < 4.78 is 10.6. The van der Waals surface area contributed by atoms with E-state index in [0.29, 0.717) is 26.2 Å². The minimum absolute atomic E-state index is 0.0543. The van der Waals surface area contributed by atoms with E-state index in [2.05, 4.69) is 5.32 Å². The van der Waals surface area contributed by atoms with Crippen LogP contribution in [0.15, 0.2) is 30.3 Å². The Kier molecular flexibility index (Phi) is 8.58. The molecule has 1 aromatic rings. The number of benzene rings is 1. The second kappa shape index (κ2) is 11.4. The van der Waals surface area contributed by atoms with Gasteiger partial charge in [0.1, 0.15) is 11.4 Å². The summed E-state index contributed by atoms with van der Waals surface area (Å²) >= 11 is 0. The highest BCUT2D eigenvalue weighted by Crippen LogP contribution is 2.21. The van der Waals surface area contributed by atoms with Gasteiger partial charge in [-0.3, -0.25) is 9.59 Å². The lowest BCUT2D eigenvalue weighted by Gasteiger charge is -2.36. The Morgan fingerprint density at radius 3 is 2.35 bits per heavy atom. The van der Waals surface area contributed by atoms with Gasteiger partial charge in [-0.15, -0.1) is 0 Å². The highest BCUT2D eigenvalue weighted by atomic mass is 16.6. The Bertz CT molecular complexity index is 891. The summed E-state index contributed by atoms with van der Waals surface area (Å²) in [5.74, 6) is 0.387. The minimum atomic E-state index is -0.563. The highest BCUT2D eigenvalue weighted by molar-refractivity contribution is 5.92. The predicted octanol–water partition coefficient (Wildman–Crippen LogP) is 3.46. The Morgan fingerprint density at radius 1 is 1.00 bits per heavy atom. The molecule has 0 spiro atoms. The summed E-state index contributed by atoms with van der Waals surface area (Å²) in [6.07, 6.45) is 6.17. The molecule has 0 bridgehead atoms. The van der Waals surface area contributed by atoms with Gasteiger partial charge in [-0.05, 0) is 70.2 Å². The van der Waals surface area contributed by atoms with Crippen molar-refractivity contribution < 1.29 is 23.9 Å². The fourth-order valence-electron chi connectivity index (χ4n) is 4.29. The van der Waals surface area contributed by atoms with Gasteiger partial charge in [-0.25, -0.2) is 4.79 Å². The van der Waals surface area contributed by atoms with Gasteiger partial charge in [0.15, 0.2) is 0 Å². The number of piperidine rings is 2. The van der Waals surface area contributed by atoms with E-state index in [1.165, 1.54) is 0 Å². The maximum Gasteiger partial charge on any atom is 0.410 e. The van der Waals surface area contributed by atoms with E-state index in [4.69, 9.17) is 9.47 Å². The standard InChI is InChI=1S/C26H37N3O5/c1-26(2,3)34-25(32)29-16-5-7-20(17-29)24(31)27-21-8-6-15-28(18-21)23(30)14-11-19-9-12-22(33-4)13-10-19/h9-14,20-21H,5-8,15-18H2,1-4H3,(H,27,31)/b14-11+/t20-,21+/m1/s1. The van der Waals surface area contributed by atoms with Crippen LogP contribution in [0.1, 0.15) is 52.0 Å². The van der Waals surface area contributed by atoms with E-state index in [-0.39, 0.29) is 29.9 Å². The molecule has 3 amide bonds. The molecule has 34 heavy (non-hydrogen) atoms. The number of likely N-dealkylation sites (tertiary alicyclic amines) is 2. The molecule has 1 N–H and O–H groups in total. The summed E-state index contributed by atoms with van der Waals surface area (Å²) in [6.45, 7) is 7.63. The number of methoxy groups -OCH3 is 1. The van der Waals surface area contributed by atoms with Crippen molar-refractivity contribution in [2.45, 2.75) is 58.1 Å². The first kappa shape index (κ1) is 25.6. The van der Waals surface area contributed by atoms with Gasteiger partial charge >= 0.3 is 6.09 Å². The monoisotopic (exact) mass is 471 g/mol. The lowest BCUT2D eigenvalue weighted by molar-refractivity contribution is -0.131. The van der Waals surface area contributed by atoms with Gasteiger partial charge in [-0.2, -0.15) is 0 Å². The first-order valence-corrected chi connectivity index (χ1v) is 12.0. The molecule has 2 fully saturated rings. The number of hydrogen-bond acceptors (Lipinski definition) is 5. The maximum absolute atomic E-state index is 12.9. The van der Waals surface area contributed by atoms with Crippen LogP contribution in [-0.4, -0.2) is 72.6 Å². The number of hydrogen-bond donors (Lipinski definition) is 1. The normalized spacial score (nSPS) is 21.3. The second-order valence-corrected chi connectivity index (χ2v) is 10.0. The summed E-state index contributed by atoms with van der Waals surface area (Å²) in [5, 5.41) is 3.12. The van der Waals surface area contributed by atoms with Crippen molar-refractivity contribution in [1.29, 1.82) is 0 Å². The molecular formula is C26H37N3O5. The summed E-state index contributed by atoms with van der Waals surface area (Å²) in [5.41, 5.74) is 0.356. The van der Waals surface area contributed by atoms with E-state index in [0.717, 1.165) is 37.0 Å². The molecule has 0 unspecified atom stereocenters. The summed E-state index contributed by atoms with van der Waals surface area (Å²) in [7, 11) is 1.62. The van der Waals surface area contributed by atoms with Crippen LogP contribution in [0.4, 0.5) is 4.79 Å². The van der Waals surface area contributed by atoms with Crippen LogP contribution in [0.5, 0.6) is 5.75 Å². The molecular weight excluding hydrogens is 434 g/mol. The average molecular weight is 472 g/mol. The number of ether oxygens (including phenoxy) is 2. The molecule has 0 saturated carbocycles. The van der Waals surface area contributed by atoms with Crippen LogP contribution < -0.4 is 10.1 Å². The molecule has 2 aliphatic rings. The van der Waals surface area contributed by atoms with E-state index < -0.39 is 5.60 Å². The third kappa shape index (κ3) is 7.50. The minimum Gasteiger partial charge on any atom is -0.497 e. The number of rotatable bonds is 5. The van der Waals surface area contributed by atoms with Gasteiger partial charge < -0.3 is 24.6 Å². The lowest BCUT2D eigenvalue weighted by Crippen LogP contribution is -2.53. The van der Waals surface area contributed by atoms with Gasteiger partial charge in [0, 0.05) is 38.3 Å². The Balaban J connectivity index is 1.50. The largest absolute Gasteiger partial charge is 0.497 e. The molecule has 0 radical (unpaired) electrons. The third-order valence-corrected chi connectivity index (χ3v) is 6.06. The molecule has 1 aromatic carbocycles. The number of nitrogens with zero attached hydrogens (tertiary/aromatic N) is 2. The van der Waals surface area contributed by atoms with Crippen molar-refractivity contribution in [2.24, 2.45) is 5.92 Å². The molecule has 2 heterocycles. The van der Waals surface area contributed by atoms with E-state index in [1.807, 2.05) is 45.0 Å². The SMILES string of the molecule is COc1ccc(/C=C/C(=O)N2CCC[C@H](NC(=O)[C@@H]3CCCN(C(=O)OC(C)(C)C)C3)C2)cc1. The predicted molar refractivity (Wildman–Crippen MR) is 130 cm³/mol. The molecule has 0 aliphatic carbocycles. The van der Waals surface area contributed by atoms with Crippen LogP contribution in [0.3, 0.4) is 0 Å². The number of nitrogens with one attached hydrogen (secondary N) is 1. The average Bonchev–Trinajstić information content (AvgIpc) is 2.82.